The molecule has 4 nitrogen and oxygen atoms in total. The third-order valence-electron chi connectivity index (χ3n) is 2.59. The van der Waals surface area contributed by atoms with E-state index in [0.717, 1.165) is 18.4 Å². The SMILES string of the molecule is CC(=O)C(CCO)CCc1cnn(C)c1. The van der Waals surface area contributed by atoms with Gasteiger partial charge < -0.3 is 5.11 Å². The molecule has 1 atom stereocenters. The van der Waals surface area contributed by atoms with Crippen LogP contribution >= 0.6 is 0 Å². The summed E-state index contributed by atoms with van der Waals surface area (Å²) in [6, 6.07) is 0. The van der Waals surface area contributed by atoms with Gasteiger partial charge in [0.1, 0.15) is 5.78 Å². The lowest BCUT2D eigenvalue weighted by Crippen LogP contribution is -2.13. The lowest BCUT2D eigenvalue weighted by atomic mass is 9.94. The fraction of sp³-hybridized carbons (Fsp3) is 0.636. The van der Waals surface area contributed by atoms with Gasteiger partial charge in [0.05, 0.1) is 6.20 Å². The summed E-state index contributed by atoms with van der Waals surface area (Å²) in [7, 11) is 1.87. The van der Waals surface area contributed by atoms with Crippen molar-refractivity contribution in [3.8, 4) is 0 Å². The first-order valence-corrected chi connectivity index (χ1v) is 5.22. The van der Waals surface area contributed by atoms with Crippen molar-refractivity contribution in [2.75, 3.05) is 6.61 Å². The van der Waals surface area contributed by atoms with E-state index < -0.39 is 0 Å². The Kier molecular flexibility index (Phi) is 4.49. The number of carbonyl (C=O) groups excluding carboxylic acids is 1. The van der Waals surface area contributed by atoms with Crippen molar-refractivity contribution >= 4 is 5.78 Å². The Morgan fingerprint density at radius 2 is 2.33 bits per heavy atom. The summed E-state index contributed by atoms with van der Waals surface area (Å²) < 4.78 is 1.75. The first-order valence-electron chi connectivity index (χ1n) is 5.22. The standard InChI is InChI=1S/C11H18N2O2/c1-9(15)11(5-6-14)4-3-10-7-12-13(2)8-10/h7-8,11,14H,3-6H2,1-2H3. The first-order chi connectivity index (χ1) is 7.13. The molecule has 0 bridgehead atoms. The molecule has 84 valence electrons. The number of aliphatic hydroxyl groups excluding tert-OH is 1. The smallest absolute Gasteiger partial charge is 0.133 e. The van der Waals surface area contributed by atoms with Gasteiger partial charge >= 0.3 is 0 Å². The highest BCUT2D eigenvalue weighted by Crippen LogP contribution is 2.13. The molecule has 0 aliphatic carbocycles. The minimum Gasteiger partial charge on any atom is -0.396 e. The predicted octanol–water partition coefficient (Wildman–Crippen LogP) is 0.940. The number of nitrogens with zero attached hydrogens (tertiary/aromatic N) is 2. The van der Waals surface area contributed by atoms with E-state index in [2.05, 4.69) is 5.10 Å². The van der Waals surface area contributed by atoms with Gasteiger partial charge in [-0.25, -0.2) is 0 Å². The summed E-state index contributed by atoms with van der Waals surface area (Å²) in [5.74, 6) is 0.142. The molecule has 1 aromatic heterocycles. The highest BCUT2D eigenvalue weighted by molar-refractivity contribution is 5.78. The summed E-state index contributed by atoms with van der Waals surface area (Å²) in [4.78, 5) is 11.2. The first kappa shape index (κ1) is 11.9. The summed E-state index contributed by atoms with van der Waals surface area (Å²) in [6.07, 6.45) is 5.97. The van der Waals surface area contributed by atoms with E-state index in [4.69, 9.17) is 5.11 Å². The zero-order valence-electron chi connectivity index (χ0n) is 9.31. The second-order valence-corrected chi connectivity index (χ2v) is 3.88. The van der Waals surface area contributed by atoms with Gasteiger partial charge in [-0.05, 0) is 31.7 Å². The van der Waals surface area contributed by atoms with E-state index in [1.165, 1.54) is 0 Å². The number of hydrogen-bond donors (Lipinski definition) is 1. The highest BCUT2D eigenvalue weighted by Gasteiger charge is 2.13. The Hall–Kier alpha value is -1.16. The molecule has 0 aliphatic heterocycles. The van der Waals surface area contributed by atoms with Crippen LogP contribution in [0.15, 0.2) is 12.4 Å². The third-order valence-corrected chi connectivity index (χ3v) is 2.59. The van der Waals surface area contributed by atoms with Crippen LogP contribution in [0.5, 0.6) is 0 Å². The van der Waals surface area contributed by atoms with E-state index in [9.17, 15) is 4.79 Å². The van der Waals surface area contributed by atoms with Crippen LogP contribution in [0.25, 0.3) is 0 Å². The molecule has 1 unspecified atom stereocenters. The van der Waals surface area contributed by atoms with E-state index in [1.54, 1.807) is 11.6 Å². The summed E-state index contributed by atoms with van der Waals surface area (Å²) >= 11 is 0. The Labute approximate surface area is 89.9 Å². The molecule has 0 spiro atoms. The van der Waals surface area contributed by atoms with Crippen molar-refractivity contribution in [3.63, 3.8) is 0 Å². The monoisotopic (exact) mass is 210 g/mol. The predicted molar refractivity (Wildman–Crippen MR) is 57.4 cm³/mol. The normalized spacial score (nSPS) is 12.7. The van der Waals surface area contributed by atoms with Crippen molar-refractivity contribution in [2.45, 2.75) is 26.2 Å². The summed E-state index contributed by atoms with van der Waals surface area (Å²) in [5.41, 5.74) is 1.14. The van der Waals surface area contributed by atoms with Crippen LogP contribution in [-0.2, 0) is 18.3 Å². The van der Waals surface area contributed by atoms with Crippen LogP contribution in [0.2, 0.25) is 0 Å². The molecule has 0 saturated heterocycles. The fourth-order valence-corrected chi connectivity index (χ4v) is 1.65. The van der Waals surface area contributed by atoms with Gasteiger partial charge in [-0.3, -0.25) is 9.48 Å². The quantitative estimate of drug-likeness (QED) is 0.760. The topological polar surface area (TPSA) is 55.1 Å². The largest absolute Gasteiger partial charge is 0.396 e. The van der Waals surface area contributed by atoms with Crippen molar-refractivity contribution in [2.24, 2.45) is 13.0 Å². The highest BCUT2D eigenvalue weighted by atomic mass is 16.3. The van der Waals surface area contributed by atoms with Crippen molar-refractivity contribution in [1.29, 1.82) is 0 Å². The fourth-order valence-electron chi connectivity index (χ4n) is 1.65. The summed E-state index contributed by atoms with van der Waals surface area (Å²) in [5, 5.41) is 12.9. The lowest BCUT2D eigenvalue weighted by Gasteiger charge is -2.10. The molecule has 0 fully saturated rings. The zero-order valence-corrected chi connectivity index (χ0v) is 9.31. The van der Waals surface area contributed by atoms with Crippen LogP contribution in [0, 0.1) is 5.92 Å². The maximum Gasteiger partial charge on any atom is 0.133 e. The van der Waals surface area contributed by atoms with E-state index in [1.807, 2.05) is 19.4 Å². The molecule has 15 heavy (non-hydrogen) atoms. The van der Waals surface area contributed by atoms with Crippen LogP contribution in [0.3, 0.4) is 0 Å². The Bertz CT molecular complexity index is 320. The molecule has 0 aliphatic rings. The van der Waals surface area contributed by atoms with E-state index in [-0.39, 0.29) is 18.3 Å². The maximum absolute atomic E-state index is 11.2. The number of carbonyl (C=O) groups is 1. The molecule has 1 N–H and O–H groups in total. The molecular weight excluding hydrogens is 192 g/mol. The van der Waals surface area contributed by atoms with Crippen LogP contribution in [-0.4, -0.2) is 27.3 Å². The lowest BCUT2D eigenvalue weighted by molar-refractivity contribution is -0.121. The molecular formula is C11H18N2O2. The van der Waals surface area contributed by atoms with Crippen LogP contribution < -0.4 is 0 Å². The van der Waals surface area contributed by atoms with Crippen molar-refractivity contribution in [3.05, 3.63) is 18.0 Å². The number of aryl methyl sites for hydroxylation is 2. The Morgan fingerprint density at radius 3 is 2.80 bits per heavy atom. The molecule has 0 amide bonds. The number of hydrogen-bond acceptors (Lipinski definition) is 3. The number of Topliss-reactive ketones (excluding diaryl/α,β-unsaturated/α-hetero) is 1. The zero-order chi connectivity index (χ0) is 11.3. The van der Waals surface area contributed by atoms with Gasteiger partial charge in [0.15, 0.2) is 0 Å². The average molecular weight is 210 g/mol. The van der Waals surface area contributed by atoms with Gasteiger partial charge in [0.25, 0.3) is 0 Å². The van der Waals surface area contributed by atoms with Crippen LogP contribution in [0.4, 0.5) is 0 Å². The van der Waals surface area contributed by atoms with Gasteiger partial charge in [-0.1, -0.05) is 0 Å². The molecule has 1 heterocycles. The van der Waals surface area contributed by atoms with E-state index >= 15 is 0 Å². The van der Waals surface area contributed by atoms with Gasteiger partial charge in [0, 0.05) is 25.8 Å². The second-order valence-electron chi connectivity index (χ2n) is 3.88. The van der Waals surface area contributed by atoms with Crippen LogP contribution in [0.1, 0.15) is 25.3 Å². The molecule has 0 radical (unpaired) electrons. The maximum atomic E-state index is 11.2. The second kappa shape index (κ2) is 5.66. The molecule has 0 aromatic carbocycles. The molecule has 1 aromatic rings. The van der Waals surface area contributed by atoms with Gasteiger partial charge in [0.2, 0.25) is 0 Å². The van der Waals surface area contributed by atoms with E-state index in [0.29, 0.717) is 6.42 Å². The number of ketones is 1. The number of rotatable bonds is 6. The van der Waals surface area contributed by atoms with Gasteiger partial charge in [-0.15, -0.1) is 0 Å². The number of aromatic nitrogens is 2. The van der Waals surface area contributed by atoms with Crippen molar-refractivity contribution in [1.82, 2.24) is 9.78 Å². The summed E-state index contributed by atoms with van der Waals surface area (Å²) in [6.45, 7) is 1.67. The molecule has 4 heteroatoms. The molecule has 1 rings (SSSR count). The average Bonchev–Trinajstić information content (AvgIpc) is 2.58. The minimum atomic E-state index is -0.0183. The Morgan fingerprint density at radius 1 is 1.60 bits per heavy atom. The van der Waals surface area contributed by atoms with Crippen molar-refractivity contribution < 1.29 is 9.90 Å². The van der Waals surface area contributed by atoms with Gasteiger partial charge in [-0.2, -0.15) is 5.10 Å². The molecule has 0 saturated carbocycles. The Balaban J connectivity index is 2.43. The third kappa shape index (κ3) is 3.83. The minimum absolute atomic E-state index is 0.0183. The number of aliphatic hydroxyl groups is 1.